The fourth-order valence-corrected chi connectivity index (χ4v) is 5.37. The van der Waals surface area contributed by atoms with Gasteiger partial charge in [0.25, 0.3) is 0 Å². The van der Waals surface area contributed by atoms with Gasteiger partial charge in [-0.25, -0.2) is 0 Å². The van der Waals surface area contributed by atoms with Crippen molar-refractivity contribution < 1.29 is 19.1 Å². The second kappa shape index (κ2) is 6.34. The van der Waals surface area contributed by atoms with Gasteiger partial charge in [0.15, 0.2) is 0 Å². The van der Waals surface area contributed by atoms with Crippen LogP contribution in [0.15, 0.2) is 0 Å². The molecule has 4 aliphatic rings. The Morgan fingerprint density at radius 2 is 1.54 bits per heavy atom. The molecule has 4 heteroatoms. The van der Waals surface area contributed by atoms with Gasteiger partial charge in [0.1, 0.15) is 5.60 Å². The molecule has 0 aliphatic heterocycles. The molecule has 0 spiro atoms. The van der Waals surface area contributed by atoms with Crippen molar-refractivity contribution in [3.63, 3.8) is 0 Å². The van der Waals surface area contributed by atoms with E-state index in [0.717, 1.165) is 43.9 Å². The van der Waals surface area contributed by atoms with Gasteiger partial charge in [-0.2, -0.15) is 0 Å². The van der Waals surface area contributed by atoms with Crippen molar-refractivity contribution in [3.8, 4) is 0 Å². The summed E-state index contributed by atoms with van der Waals surface area (Å²) in [5.74, 6) is 1.82. The summed E-state index contributed by atoms with van der Waals surface area (Å²) in [6, 6.07) is 0. The first-order valence-corrected chi connectivity index (χ1v) is 9.69. The molecule has 4 saturated carbocycles. The normalized spacial score (nSPS) is 37.3. The van der Waals surface area contributed by atoms with Crippen LogP contribution in [0, 0.1) is 29.1 Å². The molecule has 136 valence electrons. The molecule has 0 N–H and O–H groups in total. The third-order valence-corrected chi connectivity index (χ3v) is 6.97. The van der Waals surface area contributed by atoms with Crippen LogP contribution in [0.4, 0.5) is 0 Å². The molecule has 0 saturated heterocycles. The maximum atomic E-state index is 12.9. The van der Waals surface area contributed by atoms with Crippen LogP contribution >= 0.6 is 0 Å². The molecule has 4 fully saturated rings. The molecular formula is C20H32O4. The molecule has 0 aromatic carbocycles. The molecule has 0 unspecified atom stereocenters. The third-order valence-electron chi connectivity index (χ3n) is 6.97. The summed E-state index contributed by atoms with van der Waals surface area (Å²) in [4.78, 5) is 25.2. The lowest BCUT2D eigenvalue weighted by molar-refractivity contribution is -0.222. The Balaban J connectivity index is 1.87. The fraction of sp³-hybridized carbons (Fsp3) is 0.900. The average molecular weight is 336 g/mol. The van der Waals surface area contributed by atoms with Crippen LogP contribution in [0.2, 0.25) is 0 Å². The zero-order valence-corrected chi connectivity index (χ0v) is 15.6. The van der Waals surface area contributed by atoms with Gasteiger partial charge in [0, 0.05) is 11.8 Å². The van der Waals surface area contributed by atoms with Gasteiger partial charge >= 0.3 is 11.9 Å². The Morgan fingerprint density at radius 3 is 2.00 bits per heavy atom. The number of ether oxygens (including phenoxy) is 2. The monoisotopic (exact) mass is 336 g/mol. The van der Waals surface area contributed by atoms with E-state index in [4.69, 9.17) is 9.47 Å². The number of hydrogen-bond donors (Lipinski definition) is 0. The SMILES string of the molecule is CCOC(=O)CC1(OC(=O)C(C)(C)CC)C2CC3CC(C2)CC1C3. The summed E-state index contributed by atoms with van der Waals surface area (Å²) in [7, 11) is 0. The topological polar surface area (TPSA) is 52.6 Å². The predicted octanol–water partition coefficient (Wildman–Crippen LogP) is 4.11. The number of rotatable bonds is 6. The molecule has 0 amide bonds. The van der Waals surface area contributed by atoms with Crippen LogP contribution in [-0.2, 0) is 19.1 Å². The molecule has 0 aromatic rings. The molecule has 0 radical (unpaired) electrons. The van der Waals surface area contributed by atoms with Crippen molar-refractivity contribution in [1.29, 1.82) is 0 Å². The summed E-state index contributed by atoms with van der Waals surface area (Å²) >= 11 is 0. The van der Waals surface area contributed by atoms with Crippen LogP contribution in [0.25, 0.3) is 0 Å². The van der Waals surface area contributed by atoms with Crippen LogP contribution < -0.4 is 0 Å². The van der Waals surface area contributed by atoms with Crippen molar-refractivity contribution in [2.24, 2.45) is 29.1 Å². The van der Waals surface area contributed by atoms with Crippen molar-refractivity contribution >= 4 is 11.9 Å². The summed E-state index contributed by atoms with van der Waals surface area (Å²) in [5.41, 5.74) is -1.13. The Bertz CT molecular complexity index is 480. The minimum atomic E-state index is -0.622. The van der Waals surface area contributed by atoms with Crippen LogP contribution in [0.3, 0.4) is 0 Å². The van der Waals surface area contributed by atoms with Gasteiger partial charge in [0.2, 0.25) is 0 Å². The first-order valence-electron chi connectivity index (χ1n) is 9.69. The molecule has 4 aliphatic carbocycles. The molecule has 0 aromatic heterocycles. The van der Waals surface area contributed by atoms with Crippen LogP contribution in [0.5, 0.6) is 0 Å². The Hall–Kier alpha value is -1.06. The third kappa shape index (κ3) is 2.97. The van der Waals surface area contributed by atoms with E-state index in [9.17, 15) is 9.59 Å². The number of carbonyl (C=O) groups excluding carboxylic acids is 2. The minimum Gasteiger partial charge on any atom is -0.466 e. The molecule has 4 nitrogen and oxygen atoms in total. The van der Waals surface area contributed by atoms with Gasteiger partial charge < -0.3 is 9.47 Å². The molecule has 0 atom stereocenters. The van der Waals surface area contributed by atoms with Gasteiger partial charge in [-0.1, -0.05) is 6.92 Å². The van der Waals surface area contributed by atoms with E-state index in [0.29, 0.717) is 18.4 Å². The molecular weight excluding hydrogens is 304 g/mol. The standard InChI is InChI=1S/C20H32O4/c1-5-19(3,4)18(22)24-20(12-17(21)23-6-2)15-8-13-7-14(10-15)11-16(20)9-13/h13-16H,5-12H2,1-4H3. The molecule has 0 heterocycles. The second-order valence-electron chi connectivity index (χ2n) is 8.87. The van der Waals surface area contributed by atoms with Gasteiger partial charge in [0.05, 0.1) is 18.4 Å². The Labute approximate surface area is 145 Å². The van der Waals surface area contributed by atoms with E-state index in [-0.39, 0.29) is 18.4 Å². The zero-order valence-electron chi connectivity index (χ0n) is 15.6. The predicted molar refractivity (Wildman–Crippen MR) is 91.2 cm³/mol. The summed E-state index contributed by atoms with van der Waals surface area (Å²) in [6.45, 7) is 8.08. The molecule has 24 heavy (non-hydrogen) atoms. The summed E-state index contributed by atoms with van der Waals surface area (Å²) in [5, 5.41) is 0. The van der Waals surface area contributed by atoms with Crippen molar-refractivity contribution in [2.45, 2.75) is 78.2 Å². The van der Waals surface area contributed by atoms with Gasteiger partial charge in [-0.05, 0) is 71.1 Å². The smallest absolute Gasteiger partial charge is 0.312 e. The van der Waals surface area contributed by atoms with E-state index < -0.39 is 11.0 Å². The van der Waals surface area contributed by atoms with E-state index >= 15 is 0 Å². The largest absolute Gasteiger partial charge is 0.466 e. The first-order chi connectivity index (χ1) is 11.3. The summed E-state index contributed by atoms with van der Waals surface area (Å²) < 4.78 is 11.5. The molecule has 4 bridgehead atoms. The van der Waals surface area contributed by atoms with Crippen LogP contribution in [-0.4, -0.2) is 24.1 Å². The Kier molecular flexibility index (Phi) is 4.69. The lowest BCUT2D eigenvalue weighted by Crippen LogP contribution is -2.61. The first kappa shape index (κ1) is 17.8. The highest BCUT2D eigenvalue weighted by Gasteiger charge is 2.61. The highest BCUT2D eigenvalue weighted by molar-refractivity contribution is 5.78. The van der Waals surface area contributed by atoms with Crippen molar-refractivity contribution in [1.82, 2.24) is 0 Å². The quantitative estimate of drug-likeness (QED) is 0.685. The van der Waals surface area contributed by atoms with E-state index in [1.165, 1.54) is 6.42 Å². The number of carbonyl (C=O) groups is 2. The lowest BCUT2D eigenvalue weighted by Gasteiger charge is -2.60. The fourth-order valence-electron chi connectivity index (χ4n) is 5.37. The van der Waals surface area contributed by atoms with Crippen molar-refractivity contribution in [3.05, 3.63) is 0 Å². The van der Waals surface area contributed by atoms with Crippen LogP contribution in [0.1, 0.15) is 72.6 Å². The van der Waals surface area contributed by atoms with E-state index in [1.807, 2.05) is 27.7 Å². The van der Waals surface area contributed by atoms with Crippen molar-refractivity contribution in [2.75, 3.05) is 6.61 Å². The average Bonchev–Trinajstić information content (AvgIpc) is 2.51. The van der Waals surface area contributed by atoms with E-state index in [1.54, 1.807) is 0 Å². The second-order valence-corrected chi connectivity index (χ2v) is 8.87. The number of hydrogen-bond acceptors (Lipinski definition) is 4. The van der Waals surface area contributed by atoms with Gasteiger partial charge in [-0.3, -0.25) is 9.59 Å². The Morgan fingerprint density at radius 1 is 1.00 bits per heavy atom. The highest BCUT2D eigenvalue weighted by atomic mass is 16.6. The maximum Gasteiger partial charge on any atom is 0.312 e. The highest BCUT2D eigenvalue weighted by Crippen LogP contribution is 2.61. The van der Waals surface area contributed by atoms with Gasteiger partial charge in [-0.15, -0.1) is 0 Å². The lowest BCUT2D eigenvalue weighted by atomic mass is 9.49. The summed E-state index contributed by atoms with van der Waals surface area (Å²) in [6.07, 6.45) is 6.72. The molecule has 4 rings (SSSR count). The number of esters is 2. The van der Waals surface area contributed by atoms with E-state index in [2.05, 4.69) is 0 Å². The minimum absolute atomic E-state index is 0.151. The zero-order chi connectivity index (χ0) is 17.5. The maximum absolute atomic E-state index is 12.9.